The third kappa shape index (κ3) is 5.80. The van der Waals surface area contributed by atoms with Crippen molar-refractivity contribution in [3.8, 4) is 0 Å². The fourth-order valence-corrected chi connectivity index (χ4v) is 2.78. The van der Waals surface area contributed by atoms with E-state index in [4.69, 9.17) is 4.74 Å². The topological polar surface area (TPSA) is 61.8 Å². The Morgan fingerprint density at radius 3 is 2.42 bits per heavy atom. The number of anilines is 1. The number of nitrogens with one attached hydrogen (secondary N) is 1. The van der Waals surface area contributed by atoms with E-state index in [1.165, 1.54) is 0 Å². The van der Waals surface area contributed by atoms with Gasteiger partial charge < -0.3 is 20.1 Å². The lowest BCUT2D eigenvalue weighted by Gasteiger charge is -2.31. The summed E-state index contributed by atoms with van der Waals surface area (Å²) in [6.07, 6.45) is 1.43. The molecule has 5 heteroatoms. The largest absolute Gasteiger partial charge is 0.393 e. The lowest BCUT2D eigenvalue weighted by molar-refractivity contribution is 0.0792. The molecular formula is C19H30N2O3. The second kappa shape index (κ2) is 9.04. The van der Waals surface area contributed by atoms with Gasteiger partial charge in [0.1, 0.15) is 0 Å². The summed E-state index contributed by atoms with van der Waals surface area (Å²) in [6.45, 7) is 9.11. The molecule has 134 valence electrons. The van der Waals surface area contributed by atoms with Crippen LogP contribution in [0.25, 0.3) is 0 Å². The van der Waals surface area contributed by atoms with Crippen LogP contribution < -0.4 is 10.2 Å². The molecule has 1 heterocycles. The highest BCUT2D eigenvalue weighted by Gasteiger charge is 2.17. The molecule has 1 unspecified atom stereocenters. The number of benzene rings is 1. The number of carbonyl (C=O) groups is 1. The van der Waals surface area contributed by atoms with Crippen LogP contribution in [0.1, 0.15) is 44.0 Å². The zero-order valence-electron chi connectivity index (χ0n) is 15.0. The van der Waals surface area contributed by atoms with Gasteiger partial charge in [-0.2, -0.15) is 0 Å². The molecule has 0 saturated carbocycles. The molecule has 2 N–H and O–H groups in total. The van der Waals surface area contributed by atoms with E-state index in [0.29, 0.717) is 24.7 Å². The molecule has 1 saturated heterocycles. The fraction of sp³-hybridized carbons (Fsp3) is 0.632. The molecule has 24 heavy (non-hydrogen) atoms. The molecule has 1 aliphatic heterocycles. The summed E-state index contributed by atoms with van der Waals surface area (Å²) in [5.41, 5.74) is 1.76. The first-order valence-corrected chi connectivity index (χ1v) is 8.87. The maximum atomic E-state index is 12.3. The first-order valence-electron chi connectivity index (χ1n) is 8.87. The zero-order chi connectivity index (χ0) is 17.5. The number of piperidine rings is 1. The average Bonchev–Trinajstić information content (AvgIpc) is 2.55. The van der Waals surface area contributed by atoms with E-state index in [-0.39, 0.29) is 18.1 Å². The molecule has 1 amide bonds. The third-order valence-electron chi connectivity index (χ3n) is 4.16. The van der Waals surface area contributed by atoms with Gasteiger partial charge in [-0.25, -0.2) is 0 Å². The predicted molar refractivity (Wildman–Crippen MR) is 96.5 cm³/mol. The number of ether oxygens (including phenoxy) is 1. The molecule has 0 aliphatic carbocycles. The maximum absolute atomic E-state index is 12.3. The van der Waals surface area contributed by atoms with Gasteiger partial charge in [-0.15, -0.1) is 0 Å². The van der Waals surface area contributed by atoms with E-state index in [1.807, 2.05) is 31.2 Å². The predicted octanol–water partition coefficient (Wildman–Crippen LogP) is 2.44. The van der Waals surface area contributed by atoms with E-state index in [2.05, 4.69) is 24.1 Å². The Kier molecular flexibility index (Phi) is 7.06. The van der Waals surface area contributed by atoms with Crippen molar-refractivity contribution in [2.24, 2.45) is 5.92 Å². The normalized spacial score (nSPS) is 17.1. The second-order valence-electron chi connectivity index (χ2n) is 7.07. The highest BCUT2D eigenvalue weighted by Crippen LogP contribution is 2.20. The summed E-state index contributed by atoms with van der Waals surface area (Å²) < 4.78 is 5.56. The lowest BCUT2D eigenvalue weighted by atomic mass is 10.1. The minimum Gasteiger partial charge on any atom is -0.393 e. The van der Waals surface area contributed by atoms with Gasteiger partial charge in [-0.3, -0.25) is 4.79 Å². The molecule has 1 aromatic carbocycles. The summed E-state index contributed by atoms with van der Waals surface area (Å²) in [6, 6.07) is 7.66. The van der Waals surface area contributed by atoms with E-state index in [0.717, 1.165) is 31.6 Å². The Bertz CT molecular complexity index is 508. The van der Waals surface area contributed by atoms with Crippen LogP contribution in [-0.2, 0) is 4.74 Å². The lowest BCUT2D eigenvalue weighted by Crippen LogP contribution is -2.36. The standard InChI is InChI=1S/C19H30N2O3/c1-14(2)12-24-13-15(3)20-19(23)16-4-6-17(7-5-16)21-10-8-18(22)9-11-21/h4-7,14-15,18,22H,8-13H2,1-3H3,(H,20,23). The number of aliphatic hydroxyl groups excluding tert-OH is 1. The zero-order valence-corrected chi connectivity index (χ0v) is 15.0. The van der Waals surface area contributed by atoms with Crippen LogP contribution in [0, 0.1) is 5.92 Å². The van der Waals surface area contributed by atoms with Crippen LogP contribution in [0.15, 0.2) is 24.3 Å². The minimum atomic E-state index is -0.175. The number of amides is 1. The first-order chi connectivity index (χ1) is 11.5. The minimum absolute atomic E-state index is 0.0143. The summed E-state index contributed by atoms with van der Waals surface area (Å²) in [5.74, 6) is 0.424. The van der Waals surface area contributed by atoms with E-state index in [9.17, 15) is 9.90 Å². The van der Waals surface area contributed by atoms with Crippen molar-refractivity contribution in [2.45, 2.75) is 45.8 Å². The van der Waals surface area contributed by atoms with Gasteiger partial charge in [0.2, 0.25) is 0 Å². The molecular weight excluding hydrogens is 304 g/mol. The van der Waals surface area contributed by atoms with Crippen molar-refractivity contribution in [3.05, 3.63) is 29.8 Å². The highest BCUT2D eigenvalue weighted by molar-refractivity contribution is 5.94. The number of aliphatic hydroxyl groups is 1. The van der Waals surface area contributed by atoms with E-state index < -0.39 is 0 Å². The van der Waals surface area contributed by atoms with Gasteiger partial charge in [0, 0.05) is 37.0 Å². The Hall–Kier alpha value is -1.59. The Labute approximate surface area is 145 Å². The van der Waals surface area contributed by atoms with Crippen molar-refractivity contribution in [3.63, 3.8) is 0 Å². The van der Waals surface area contributed by atoms with Crippen molar-refractivity contribution < 1.29 is 14.6 Å². The van der Waals surface area contributed by atoms with Gasteiger partial charge in [0.25, 0.3) is 5.91 Å². The molecule has 1 fully saturated rings. The highest BCUT2D eigenvalue weighted by atomic mass is 16.5. The van der Waals surface area contributed by atoms with Gasteiger partial charge in [0.15, 0.2) is 0 Å². The molecule has 0 aromatic heterocycles. The quantitative estimate of drug-likeness (QED) is 0.804. The molecule has 1 atom stereocenters. The van der Waals surface area contributed by atoms with Gasteiger partial charge in [-0.05, 0) is 49.9 Å². The molecule has 5 nitrogen and oxygen atoms in total. The maximum Gasteiger partial charge on any atom is 0.251 e. The Morgan fingerprint density at radius 2 is 1.83 bits per heavy atom. The third-order valence-corrected chi connectivity index (χ3v) is 4.16. The smallest absolute Gasteiger partial charge is 0.251 e. The monoisotopic (exact) mass is 334 g/mol. The number of nitrogens with zero attached hydrogens (tertiary/aromatic N) is 1. The van der Waals surface area contributed by atoms with Gasteiger partial charge in [-0.1, -0.05) is 13.8 Å². The van der Waals surface area contributed by atoms with Crippen LogP contribution in [0.3, 0.4) is 0 Å². The van der Waals surface area contributed by atoms with Crippen LogP contribution in [-0.4, -0.2) is 49.5 Å². The summed E-state index contributed by atoms with van der Waals surface area (Å²) >= 11 is 0. The van der Waals surface area contributed by atoms with E-state index >= 15 is 0 Å². The first kappa shape index (κ1) is 18.7. The van der Waals surface area contributed by atoms with Crippen molar-refractivity contribution in [1.29, 1.82) is 0 Å². The molecule has 0 spiro atoms. The number of rotatable bonds is 7. The summed E-state index contributed by atoms with van der Waals surface area (Å²) in [5, 5.41) is 12.5. The summed E-state index contributed by atoms with van der Waals surface area (Å²) in [4.78, 5) is 14.5. The van der Waals surface area contributed by atoms with Crippen LogP contribution in [0.5, 0.6) is 0 Å². The van der Waals surface area contributed by atoms with Crippen LogP contribution in [0.4, 0.5) is 5.69 Å². The van der Waals surface area contributed by atoms with E-state index in [1.54, 1.807) is 0 Å². The van der Waals surface area contributed by atoms with Crippen molar-refractivity contribution in [2.75, 3.05) is 31.2 Å². The van der Waals surface area contributed by atoms with Gasteiger partial charge >= 0.3 is 0 Å². The number of hydrogen-bond donors (Lipinski definition) is 2. The Morgan fingerprint density at radius 1 is 1.21 bits per heavy atom. The fourth-order valence-electron chi connectivity index (χ4n) is 2.78. The van der Waals surface area contributed by atoms with Gasteiger partial charge in [0.05, 0.1) is 12.7 Å². The molecule has 1 aromatic rings. The van der Waals surface area contributed by atoms with Crippen LogP contribution in [0.2, 0.25) is 0 Å². The summed E-state index contributed by atoms with van der Waals surface area (Å²) in [7, 11) is 0. The average molecular weight is 334 g/mol. The molecule has 0 radical (unpaired) electrons. The van der Waals surface area contributed by atoms with Crippen LogP contribution >= 0.6 is 0 Å². The van der Waals surface area contributed by atoms with Crippen molar-refractivity contribution in [1.82, 2.24) is 5.32 Å². The molecule has 0 bridgehead atoms. The Balaban J connectivity index is 1.82. The number of carbonyl (C=O) groups excluding carboxylic acids is 1. The number of hydrogen-bond acceptors (Lipinski definition) is 4. The second-order valence-corrected chi connectivity index (χ2v) is 7.07. The molecule has 1 aliphatic rings. The van der Waals surface area contributed by atoms with Crippen molar-refractivity contribution >= 4 is 11.6 Å². The SMILES string of the molecule is CC(C)COCC(C)NC(=O)c1ccc(N2CCC(O)CC2)cc1. The molecule has 2 rings (SSSR count).